The first kappa shape index (κ1) is 17.6. The predicted octanol–water partition coefficient (Wildman–Crippen LogP) is 1.84. The van der Waals surface area contributed by atoms with Crippen LogP contribution in [0.5, 0.6) is 0 Å². The van der Waals surface area contributed by atoms with Crippen LogP contribution < -0.4 is 5.32 Å². The summed E-state index contributed by atoms with van der Waals surface area (Å²) in [6.45, 7) is 0.549. The Hall–Kier alpha value is -1.47. The maximum absolute atomic E-state index is 12.0. The minimum atomic E-state index is -4.26. The minimum absolute atomic E-state index is 0.0584. The molecule has 0 aromatic heterocycles. The smallest absolute Gasteiger partial charge is 0.349 e. The van der Waals surface area contributed by atoms with Gasteiger partial charge in [-0.1, -0.05) is 0 Å². The van der Waals surface area contributed by atoms with Crippen molar-refractivity contribution in [3.8, 4) is 0 Å². The number of rotatable bonds is 4. The van der Waals surface area contributed by atoms with E-state index in [9.17, 15) is 22.8 Å². The van der Waals surface area contributed by atoms with Gasteiger partial charge in [0.05, 0.1) is 6.42 Å². The lowest BCUT2D eigenvalue weighted by Crippen LogP contribution is -2.45. The maximum atomic E-state index is 12.0. The number of nitrogens with zero attached hydrogens (tertiary/aromatic N) is 2. The van der Waals surface area contributed by atoms with Crippen LogP contribution in [0.4, 0.5) is 18.0 Å². The largest absolute Gasteiger partial charge is 0.390 e. The normalized spacial score (nSPS) is 16.7. The molecule has 1 aliphatic heterocycles. The summed E-state index contributed by atoms with van der Waals surface area (Å²) in [4.78, 5) is 26.3. The zero-order chi connectivity index (χ0) is 16.0. The standard InChI is InChI=1S/C13H22F3N3O2/c1-18(2)11(20)9-10-3-7-19(8-4-10)12(21)17-6-5-13(14,15)16/h10H,3-9H2,1-2H3,(H,17,21). The molecular weight excluding hydrogens is 287 g/mol. The number of piperidine rings is 1. The molecule has 122 valence electrons. The van der Waals surface area contributed by atoms with Crippen LogP contribution in [0.3, 0.4) is 0 Å². The highest BCUT2D eigenvalue weighted by Crippen LogP contribution is 2.21. The van der Waals surface area contributed by atoms with E-state index in [1.54, 1.807) is 14.1 Å². The van der Waals surface area contributed by atoms with E-state index < -0.39 is 25.2 Å². The molecule has 5 nitrogen and oxygen atoms in total. The van der Waals surface area contributed by atoms with E-state index in [0.29, 0.717) is 32.4 Å². The first-order valence-electron chi connectivity index (χ1n) is 6.98. The number of hydrogen-bond donors (Lipinski definition) is 1. The fraction of sp³-hybridized carbons (Fsp3) is 0.846. The van der Waals surface area contributed by atoms with E-state index in [1.807, 2.05) is 0 Å². The van der Waals surface area contributed by atoms with Gasteiger partial charge in [-0.25, -0.2) is 4.79 Å². The van der Waals surface area contributed by atoms with E-state index in [-0.39, 0.29) is 11.8 Å². The van der Waals surface area contributed by atoms with Gasteiger partial charge in [0.25, 0.3) is 0 Å². The monoisotopic (exact) mass is 309 g/mol. The van der Waals surface area contributed by atoms with Crippen molar-refractivity contribution in [2.45, 2.75) is 31.9 Å². The maximum Gasteiger partial charge on any atom is 0.390 e. The summed E-state index contributed by atoms with van der Waals surface area (Å²) in [6, 6.07) is -0.461. The van der Waals surface area contributed by atoms with Crippen molar-refractivity contribution in [2.24, 2.45) is 5.92 Å². The number of carbonyl (C=O) groups is 2. The summed E-state index contributed by atoms with van der Waals surface area (Å²) in [6.07, 6.45) is -3.42. The Morgan fingerprint density at radius 1 is 1.24 bits per heavy atom. The summed E-state index contributed by atoms with van der Waals surface area (Å²) in [7, 11) is 3.40. The number of urea groups is 1. The van der Waals surface area contributed by atoms with Crippen LogP contribution in [0, 0.1) is 5.92 Å². The third kappa shape index (κ3) is 6.68. The fourth-order valence-corrected chi connectivity index (χ4v) is 2.19. The van der Waals surface area contributed by atoms with Crippen LogP contribution in [0.1, 0.15) is 25.7 Å². The molecule has 0 spiro atoms. The Kier molecular flexibility index (Phi) is 6.29. The quantitative estimate of drug-likeness (QED) is 0.861. The van der Waals surface area contributed by atoms with Gasteiger partial charge in [0.2, 0.25) is 5.91 Å². The van der Waals surface area contributed by atoms with Crippen molar-refractivity contribution in [1.29, 1.82) is 0 Å². The van der Waals surface area contributed by atoms with Gasteiger partial charge in [-0.3, -0.25) is 4.79 Å². The lowest BCUT2D eigenvalue weighted by Gasteiger charge is -2.32. The summed E-state index contributed by atoms with van der Waals surface area (Å²) in [5, 5.41) is 2.27. The van der Waals surface area contributed by atoms with Crippen molar-refractivity contribution in [3.05, 3.63) is 0 Å². The van der Waals surface area contributed by atoms with Gasteiger partial charge in [0.1, 0.15) is 0 Å². The van der Waals surface area contributed by atoms with Crippen molar-refractivity contribution < 1.29 is 22.8 Å². The molecule has 0 atom stereocenters. The first-order valence-corrected chi connectivity index (χ1v) is 6.98. The highest BCUT2D eigenvalue weighted by atomic mass is 19.4. The van der Waals surface area contributed by atoms with Crippen LogP contribution in [0.25, 0.3) is 0 Å². The lowest BCUT2D eigenvalue weighted by atomic mass is 9.93. The van der Waals surface area contributed by atoms with Gasteiger partial charge in [0.15, 0.2) is 0 Å². The number of alkyl halides is 3. The molecule has 1 aliphatic rings. The van der Waals surface area contributed by atoms with Gasteiger partial charge < -0.3 is 15.1 Å². The van der Waals surface area contributed by atoms with Gasteiger partial charge in [-0.05, 0) is 18.8 Å². The Balaban J connectivity index is 2.26. The predicted molar refractivity (Wildman–Crippen MR) is 71.7 cm³/mol. The topological polar surface area (TPSA) is 52.7 Å². The Morgan fingerprint density at radius 2 is 1.81 bits per heavy atom. The number of likely N-dealkylation sites (tertiary alicyclic amines) is 1. The minimum Gasteiger partial charge on any atom is -0.349 e. The molecule has 21 heavy (non-hydrogen) atoms. The highest BCUT2D eigenvalue weighted by Gasteiger charge is 2.28. The van der Waals surface area contributed by atoms with Crippen LogP contribution in [-0.2, 0) is 4.79 Å². The van der Waals surface area contributed by atoms with Crippen molar-refractivity contribution >= 4 is 11.9 Å². The lowest BCUT2D eigenvalue weighted by molar-refractivity contribution is -0.133. The summed E-state index contributed by atoms with van der Waals surface area (Å²) in [5.41, 5.74) is 0. The van der Waals surface area contributed by atoms with E-state index >= 15 is 0 Å². The second kappa shape index (κ2) is 7.51. The molecule has 0 unspecified atom stereocenters. The second-order valence-corrected chi connectivity index (χ2v) is 5.52. The summed E-state index contributed by atoms with van der Waals surface area (Å²) >= 11 is 0. The molecule has 3 amide bonds. The molecule has 1 fully saturated rings. The van der Waals surface area contributed by atoms with Gasteiger partial charge in [-0.15, -0.1) is 0 Å². The van der Waals surface area contributed by atoms with E-state index in [2.05, 4.69) is 5.32 Å². The average molecular weight is 309 g/mol. The summed E-state index contributed by atoms with van der Waals surface area (Å²) in [5.74, 6) is 0.294. The number of amides is 3. The molecular formula is C13H22F3N3O2. The molecule has 0 saturated carbocycles. The van der Waals surface area contributed by atoms with Crippen molar-refractivity contribution in [3.63, 3.8) is 0 Å². The first-order chi connectivity index (χ1) is 9.69. The molecule has 0 radical (unpaired) electrons. The van der Waals surface area contributed by atoms with Crippen LogP contribution in [0.2, 0.25) is 0 Å². The number of halogens is 3. The number of hydrogen-bond acceptors (Lipinski definition) is 2. The third-order valence-electron chi connectivity index (χ3n) is 3.55. The molecule has 1 heterocycles. The number of carbonyl (C=O) groups excluding carboxylic acids is 2. The van der Waals surface area contributed by atoms with Crippen molar-refractivity contribution in [1.82, 2.24) is 15.1 Å². The Bertz CT molecular complexity index is 364. The van der Waals surface area contributed by atoms with E-state index in [0.717, 1.165) is 0 Å². The zero-order valence-electron chi connectivity index (χ0n) is 12.4. The van der Waals surface area contributed by atoms with Crippen LogP contribution in [0.15, 0.2) is 0 Å². The fourth-order valence-electron chi connectivity index (χ4n) is 2.19. The molecule has 8 heteroatoms. The SMILES string of the molecule is CN(C)C(=O)CC1CCN(C(=O)NCCC(F)(F)F)CC1. The van der Waals surface area contributed by atoms with Gasteiger partial charge >= 0.3 is 12.2 Å². The van der Waals surface area contributed by atoms with Gasteiger partial charge in [0, 0.05) is 40.2 Å². The zero-order valence-corrected chi connectivity index (χ0v) is 12.4. The van der Waals surface area contributed by atoms with Crippen LogP contribution >= 0.6 is 0 Å². The molecule has 0 aliphatic carbocycles. The van der Waals surface area contributed by atoms with Gasteiger partial charge in [-0.2, -0.15) is 13.2 Å². The molecule has 0 bridgehead atoms. The van der Waals surface area contributed by atoms with E-state index in [1.165, 1.54) is 9.80 Å². The third-order valence-corrected chi connectivity index (χ3v) is 3.55. The Morgan fingerprint density at radius 3 is 2.29 bits per heavy atom. The average Bonchev–Trinajstić information content (AvgIpc) is 2.37. The molecule has 1 N–H and O–H groups in total. The van der Waals surface area contributed by atoms with Crippen molar-refractivity contribution in [2.75, 3.05) is 33.7 Å². The Labute approximate surface area is 122 Å². The second-order valence-electron chi connectivity index (χ2n) is 5.52. The highest BCUT2D eigenvalue weighted by molar-refractivity contribution is 5.76. The molecule has 1 rings (SSSR count). The van der Waals surface area contributed by atoms with E-state index in [4.69, 9.17) is 0 Å². The molecule has 1 saturated heterocycles. The number of nitrogens with one attached hydrogen (secondary N) is 1. The molecule has 0 aromatic carbocycles. The molecule has 0 aromatic rings. The summed E-state index contributed by atoms with van der Waals surface area (Å²) < 4.78 is 36.0. The van der Waals surface area contributed by atoms with Crippen LogP contribution in [-0.4, -0.2) is 61.6 Å².